The van der Waals surface area contributed by atoms with E-state index in [1.165, 1.54) is 13.3 Å². The standard InChI is InChI=1S/C9H10N2O3S/c1-13-9(12)7-2-10-3-8(11-7)15-6-4-14-5-6/h2-3,6H,4-5H2,1H3. The van der Waals surface area contributed by atoms with Gasteiger partial charge in [0.05, 0.1) is 38.0 Å². The summed E-state index contributed by atoms with van der Waals surface area (Å²) in [5.41, 5.74) is 0.239. The Kier molecular flexibility index (Phi) is 3.17. The van der Waals surface area contributed by atoms with E-state index in [1.54, 1.807) is 18.0 Å². The minimum Gasteiger partial charge on any atom is -0.464 e. The first-order valence-electron chi connectivity index (χ1n) is 4.44. The first kappa shape index (κ1) is 10.4. The monoisotopic (exact) mass is 226 g/mol. The Balaban J connectivity index is 2.07. The molecule has 6 heteroatoms. The summed E-state index contributed by atoms with van der Waals surface area (Å²) in [7, 11) is 1.32. The molecule has 0 radical (unpaired) electrons. The molecule has 0 N–H and O–H groups in total. The smallest absolute Gasteiger partial charge is 0.358 e. The molecule has 0 spiro atoms. The average Bonchev–Trinajstić information content (AvgIpc) is 2.23. The van der Waals surface area contributed by atoms with Gasteiger partial charge in [-0.25, -0.2) is 9.78 Å². The number of esters is 1. The van der Waals surface area contributed by atoms with Crippen molar-refractivity contribution in [2.75, 3.05) is 20.3 Å². The van der Waals surface area contributed by atoms with Gasteiger partial charge in [0.2, 0.25) is 0 Å². The SMILES string of the molecule is COC(=O)c1cncc(SC2COC2)n1. The largest absolute Gasteiger partial charge is 0.464 e. The van der Waals surface area contributed by atoms with Crippen LogP contribution < -0.4 is 0 Å². The van der Waals surface area contributed by atoms with Gasteiger partial charge in [-0.05, 0) is 0 Å². The normalized spacial score (nSPS) is 15.8. The second-order valence-electron chi connectivity index (χ2n) is 3.01. The first-order valence-corrected chi connectivity index (χ1v) is 5.32. The lowest BCUT2D eigenvalue weighted by atomic mass is 10.4. The molecule has 1 aliphatic rings. The van der Waals surface area contributed by atoms with E-state index in [-0.39, 0.29) is 5.69 Å². The van der Waals surface area contributed by atoms with Gasteiger partial charge in [-0.1, -0.05) is 11.8 Å². The quantitative estimate of drug-likeness (QED) is 0.709. The number of carbonyl (C=O) groups excluding carboxylic acids is 1. The Hall–Kier alpha value is -1.14. The highest BCUT2D eigenvalue weighted by molar-refractivity contribution is 8.00. The van der Waals surface area contributed by atoms with Crippen molar-refractivity contribution in [3.05, 3.63) is 18.1 Å². The van der Waals surface area contributed by atoms with E-state index in [2.05, 4.69) is 14.7 Å². The van der Waals surface area contributed by atoms with Crippen molar-refractivity contribution < 1.29 is 14.3 Å². The molecule has 1 aliphatic heterocycles. The fourth-order valence-electron chi connectivity index (χ4n) is 1.06. The van der Waals surface area contributed by atoms with Crippen LogP contribution in [0.5, 0.6) is 0 Å². The van der Waals surface area contributed by atoms with Gasteiger partial charge < -0.3 is 9.47 Å². The van der Waals surface area contributed by atoms with E-state index < -0.39 is 5.97 Å². The number of rotatable bonds is 3. The summed E-state index contributed by atoms with van der Waals surface area (Å²) in [5.74, 6) is -0.463. The number of hydrogen-bond donors (Lipinski definition) is 0. The molecule has 0 saturated carbocycles. The Morgan fingerprint density at radius 1 is 1.60 bits per heavy atom. The number of aromatic nitrogens is 2. The summed E-state index contributed by atoms with van der Waals surface area (Å²) in [6.45, 7) is 1.46. The highest BCUT2D eigenvalue weighted by Crippen LogP contribution is 2.25. The molecule has 1 fully saturated rings. The van der Waals surface area contributed by atoms with Crippen molar-refractivity contribution in [1.82, 2.24) is 9.97 Å². The molecule has 80 valence electrons. The van der Waals surface area contributed by atoms with E-state index in [0.717, 1.165) is 18.2 Å². The van der Waals surface area contributed by atoms with Crippen LogP contribution >= 0.6 is 11.8 Å². The number of nitrogens with zero attached hydrogens (tertiary/aromatic N) is 2. The molecule has 0 amide bonds. The lowest BCUT2D eigenvalue weighted by molar-refractivity contribution is 0.0454. The number of ether oxygens (including phenoxy) is 2. The molecule has 1 aromatic heterocycles. The van der Waals surface area contributed by atoms with E-state index in [0.29, 0.717) is 5.25 Å². The van der Waals surface area contributed by atoms with Crippen LogP contribution in [-0.4, -0.2) is 41.5 Å². The average molecular weight is 226 g/mol. The van der Waals surface area contributed by atoms with Crippen molar-refractivity contribution in [2.24, 2.45) is 0 Å². The van der Waals surface area contributed by atoms with Gasteiger partial charge in [0.25, 0.3) is 0 Å². The maximum absolute atomic E-state index is 11.2. The summed E-state index contributed by atoms with van der Waals surface area (Å²) in [6.07, 6.45) is 3.03. The van der Waals surface area contributed by atoms with Gasteiger partial charge in [-0.3, -0.25) is 4.98 Å². The van der Waals surface area contributed by atoms with Gasteiger partial charge in [-0.2, -0.15) is 0 Å². The molecule has 0 atom stereocenters. The predicted molar refractivity (Wildman–Crippen MR) is 53.8 cm³/mol. The Morgan fingerprint density at radius 3 is 3.00 bits per heavy atom. The third kappa shape index (κ3) is 2.45. The van der Waals surface area contributed by atoms with Gasteiger partial charge >= 0.3 is 5.97 Å². The topological polar surface area (TPSA) is 61.3 Å². The minimum atomic E-state index is -0.463. The summed E-state index contributed by atoms with van der Waals surface area (Å²) in [4.78, 5) is 19.3. The maximum atomic E-state index is 11.2. The fraction of sp³-hybridized carbons (Fsp3) is 0.444. The summed E-state index contributed by atoms with van der Waals surface area (Å²) in [5, 5.41) is 1.15. The second kappa shape index (κ2) is 4.59. The molecule has 0 bridgehead atoms. The molecule has 0 unspecified atom stereocenters. The molecule has 1 aromatic rings. The van der Waals surface area contributed by atoms with Crippen LogP contribution in [0.1, 0.15) is 10.5 Å². The van der Waals surface area contributed by atoms with E-state index in [9.17, 15) is 4.79 Å². The Morgan fingerprint density at radius 2 is 2.40 bits per heavy atom. The molecule has 5 nitrogen and oxygen atoms in total. The Labute approximate surface area is 91.2 Å². The van der Waals surface area contributed by atoms with Crippen molar-refractivity contribution in [3.63, 3.8) is 0 Å². The minimum absolute atomic E-state index is 0.239. The van der Waals surface area contributed by atoms with E-state index in [1.807, 2.05) is 0 Å². The number of hydrogen-bond acceptors (Lipinski definition) is 6. The van der Waals surface area contributed by atoms with Gasteiger partial charge in [0.15, 0.2) is 5.69 Å². The zero-order chi connectivity index (χ0) is 10.7. The zero-order valence-corrected chi connectivity index (χ0v) is 8.99. The van der Waals surface area contributed by atoms with E-state index >= 15 is 0 Å². The van der Waals surface area contributed by atoms with Crippen LogP contribution in [-0.2, 0) is 9.47 Å². The van der Waals surface area contributed by atoms with Crippen molar-refractivity contribution >= 4 is 17.7 Å². The van der Waals surface area contributed by atoms with Crippen molar-refractivity contribution in [3.8, 4) is 0 Å². The first-order chi connectivity index (χ1) is 7.29. The molecular formula is C9H10N2O3S. The van der Waals surface area contributed by atoms with Crippen LogP contribution in [0, 0.1) is 0 Å². The number of thioether (sulfide) groups is 1. The predicted octanol–water partition coefficient (Wildman–Crippen LogP) is 0.754. The highest BCUT2D eigenvalue weighted by atomic mass is 32.2. The molecule has 0 aliphatic carbocycles. The van der Waals surface area contributed by atoms with Crippen molar-refractivity contribution in [2.45, 2.75) is 10.3 Å². The number of carbonyl (C=O) groups is 1. The molecular weight excluding hydrogens is 216 g/mol. The van der Waals surface area contributed by atoms with Gasteiger partial charge in [0, 0.05) is 0 Å². The fourth-order valence-corrected chi connectivity index (χ4v) is 2.00. The summed E-state index contributed by atoms with van der Waals surface area (Å²) < 4.78 is 9.61. The lowest BCUT2D eigenvalue weighted by Crippen LogP contribution is -2.30. The molecule has 0 aromatic carbocycles. The van der Waals surface area contributed by atoms with Gasteiger partial charge in [0.1, 0.15) is 5.03 Å². The zero-order valence-electron chi connectivity index (χ0n) is 8.17. The third-order valence-electron chi connectivity index (χ3n) is 1.90. The molecule has 1 saturated heterocycles. The number of methoxy groups -OCH3 is 1. The van der Waals surface area contributed by atoms with Crippen LogP contribution in [0.3, 0.4) is 0 Å². The van der Waals surface area contributed by atoms with Crippen LogP contribution in [0.15, 0.2) is 17.4 Å². The third-order valence-corrected chi connectivity index (χ3v) is 2.95. The molecule has 2 rings (SSSR count). The summed E-state index contributed by atoms with van der Waals surface area (Å²) >= 11 is 1.57. The van der Waals surface area contributed by atoms with Gasteiger partial charge in [-0.15, -0.1) is 0 Å². The van der Waals surface area contributed by atoms with E-state index in [4.69, 9.17) is 4.74 Å². The Bertz CT molecular complexity index is 368. The molecule has 2 heterocycles. The summed E-state index contributed by atoms with van der Waals surface area (Å²) in [6, 6.07) is 0. The lowest BCUT2D eigenvalue weighted by Gasteiger charge is -2.24. The van der Waals surface area contributed by atoms with Crippen LogP contribution in [0.2, 0.25) is 0 Å². The molecule has 15 heavy (non-hydrogen) atoms. The second-order valence-corrected chi connectivity index (χ2v) is 4.33. The van der Waals surface area contributed by atoms with Crippen molar-refractivity contribution in [1.29, 1.82) is 0 Å². The van der Waals surface area contributed by atoms with Crippen LogP contribution in [0.25, 0.3) is 0 Å². The maximum Gasteiger partial charge on any atom is 0.358 e. The highest BCUT2D eigenvalue weighted by Gasteiger charge is 2.20. The van der Waals surface area contributed by atoms with Crippen LogP contribution in [0.4, 0.5) is 0 Å².